The third-order valence-corrected chi connectivity index (χ3v) is 2.27. The van der Waals surface area contributed by atoms with Gasteiger partial charge in [0.15, 0.2) is 0 Å². The number of hydrogen-bond acceptors (Lipinski definition) is 3. The molecule has 0 aliphatic carbocycles. The van der Waals surface area contributed by atoms with E-state index in [1.165, 1.54) is 6.33 Å². The molecule has 0 fully saturated rings. The first-order valence-electron chi connectivity index (χ1n) is 4.78. The van der Waals surface area contributed by atoms with Gasteiger partial charge in [-0.2, -0.15) is 5.10 Å². The first-order valence-corrected chi connectivity index (χ1v) is 4.78. The number of carbonyl (C=O) groups is 1. The van der Waals surface area contributed by atoms with Gasteiger partial charge in [0.1, 0.15) is 12.2 Å². The Morgan fingerprint density at radius 2 is 2.36 bits per heavy atom. The highest BCUT2D eigenvalue weighted by Gasteiger charge is 2.18. The van der Waals surface area contributed by atoms with E-state index in [0.29, 0.717) is 12.8 Å². The normalized spacial score (nSPS) is 12.7. The van der Waals surface area contributed by atoms with E-state index in [2.05, 4.69) is 10.1 Å². The standard InChI is InChI=1S/C9H15N3O2/c1-3-7(9(13)14)5-8-10-6-11-12(8)4-2/h6-7H,3-5H2,1-2H3,(H,13,14). The second-order valence-corrected chi connectivity index (χ2v) is 3.14. The van der Waals surface area contributed by atoms with Gasteiger partial charge in [-0.25, -0.2) is 4.98 Å². The van der Waals surface area contributed by atoms with Gasteiger partial charge in [0.2, 0.25) is 0 Å². The van der Waals surface area contributed by atoms with Gasteiger partial charge in [0.05, 0.1) is 5.92 Å². The molecule has 0 bridgehead atoms. The van der Waals surface area contributed by atoms with Crippen molar-refractivity contribution in [2.24, 2.45) is 5.92 Å². The van der Waals surface area contributed by atoms with Gasteiger partial charge in [-0.3, -0.25) is 9.48 Å². The monoisotopic (exact) mass is 197 g/mol. The lowest BCUT2D eigenvalue weighted by Gasteiger charge is -2.09. The summed E-state index contributed by atoms with van der Waals surface area (Å²) >= 11 is 0. The first-order chi connectivity index (χ1) is 6.69. The number of carboxylic acid groups (broad SMARTS) is 1. The molecule has 0 amide bonds. The predicted octanol–water partition coefficient (Wildman–Crippen LogP) is 0.951. The number of nitrogens with zero attached hydrogens (tertiary/aromatic N) is 3. The van der Waals surface area contributed by atoms with Crippen LogP contribution in [0.1, 0.15) is 26.1 Å². The lowest BCUT2D eigenvalue weighted by molar-refractivity contribution is -0.141. The van der Waals surface area contributed by atoms with E-state index in [0.717, 1.165) is 12.4 Å². The molecule has 0 aliphatic rings. The minimum absolute atomic E-state index is 0.357. The van der Waals surface area contributed by atoms with E-state index in [-0.39, 0.29) is 5.92 Å². The van der Waals surface area contributed by atoms with Gasteiger partial charge in [-0.1, -0.05) is 6.92 Å². The van der Waals surface area contributed by atoms with Crippen molar-refractivity contribution in [3.63, 3.8) is 0 Å². The van der Waals surface area contributed by atoms with Crippen LogP contribution in [-0.2, 0) is 17.8 Å². The van der Waals surface area contributed by atoms with E-state index in [4.69, 9.17) is 5.11 Å². The fourth-order valence-corrected chi connectivity index (χ4v) is 1.34. The molecule has 0 spiro atoms. The van der Waals surface area contributed by atoms with Crippen LogP contribution in [-0.4, -0.2) is 25.8 Å². The SMILES string of the molecule is CCC(Cc1ncnn1CC)C(=O)O. The smallest absolute Gasteiger partial charge is 0.306 e. The first kappa shape index (κ1) is 10.7. The molecule has 5 heteroatoms. The van der Waals surface area contributed by atoms with Crippen LogP contribution in [0.4, 0.5) is 0 Å². The second kappa shape index (κ2) is 4.74. The molecule has 1 unspecified atom stereocenters. The molecular weight excluding hydrogens is 182 g/mol. The highest BCUT2D eigenvalue weighted by atomic mass is 16.4. The van der Waals surface area contributed by atoms with Crippen molar-refractivity contribution in [2.45, 2.75) is 33.2 Å². The van der Waals surface area contributed by atoms with Gasteiger partial charge in [0, 0.05) is 13.0 Å². The van der Waals surface area contributed by atoms with Crippen molar-refractivity contribution in [2.75, 3.05) is 0 Å². The summed E-state index contributed by atoms with van der Waals surface area (Å²) in [6.45, 7) is 4.55. The highest BCUT2D eigenvalue weighted by molar-refractivity contribution is 5.70. The van der Waals surface area contributed by atoms with Crippen LogP contribution in [0.3, 0.4) is 0 Å². The maximum Gasteiger partial charge on any atom is 0.306 e. The molecule has 1 aromatic rings. The van der Waals surface area contributed by atoms with Crippen molar-refractivity contribution in [1.29, 1.82) is 0 Å². The maximum atomic E-state index is 10.8. The molecule has 78 valence electrons. The Kier molecular flexibility index (Phi) is 3.62. The Bertz CT molecular complexity index is 309. The molecular formula is C9H15N3O2. The summed E-state index contributed by atoms with van der Waals surface area (Å²) in [7, 11) is 0. The van der Waals surface area contributed by atoms with Gasteiger partial charge in [-0.15, -0.1) is 0 Å². The van der Waals surface area contributed by atoms with Crippen molar-refractivity contribution in [3.8, 4) is 0 Å². The number of aromatic nitrogens is 3. The topological polar surface area (TPSA) is 68.0 Å². The van der Waals surface area contributed by atoms with Crippen LogP contribution in [0.5, 0.6) is 0 Å². The molecule has 1 N–H and O–H groups in total. The van der Waals surface area contributed by atoms with Gasteiger partial charge in [0.25, 0.3) is 0 Å². The van der Waals surface area contributed by atoms with Crippen molar-refractivity contribution in [3.05, 3.63) is 12.2 Å². The lowest BCUT2D eigenvalue weighted by Crippen LogP contribution is -2.18. The Hall–Kier alpha value is -1.39. The van der Waals surface area contributed by atoms with E-state index in [9.17, 15) is 4.79 Å². The molecule has 0 aliphatic heterocycles. The molecule has 1 heterocycles. The molecule has 0 radical (unpaired) electrons. The molecule has 0 aromatic carbocycles. The maximum absolute atomic E-state index is 10.8. The van der Waals surface area contributed by atoms with Gasteiger partial charge < -0.3 is 5.11 Å². The predicted molar refractivity (Wildman–Crippen MR) is 50.8 cm³/mol. The Morgan fingerprint density at radius 1 is 1.64 bits per heavy atom. The number of aliphatic carboxylic acids is 1. The largest absolute Gasteiger partial charge is 0.481 e. The number of hydrogen-bond donors (Lipinski definition) is 1. The molecule has 1 aromatic heterocycles. The van der Waals surface area contributed by atoms with E-state index < -0.39 is 5.97 Å². The third-order valence-electron chi connectivity index (χ3n) is 2.27. The molecule has 5 nitrogen and oxygen atoms in total. The van der Waals surface area contributed by atoms with Crippen molar-refractivity contribution < 1.29 is 9.90 Å². The zero-order chi connectivity index (χ0) is 10.6. The lowest BCUT2D eigenvalue weighted by atomic mass is 10.0. The zero-order valence-electron chi connectivity index (χ0n) is 8.47. The van der Waals surface area contributed by atoms with Crippen LogP contribution in [0.2, 0.25) is 0 Å². The summed E-state index contributed by atoms with van der Waals surface area (Å²) in [5, 5.41) is 12.9. The summed E-state index contributed by atoms with van der Waals surface area (Å²) in [6, 6.07) is 0. The summed E-state index contributed by atoms with van der Waals surface area (Å²) in [6.07, 6.45) is 2.54. The Morgan fingerprint density at radius 3 is 2.86 bits per heavy atom. The molecule has 14 heavy (non-hydrogen) atoms. The molecule has 0 saturated heterocycles. The minimum atomic E-state index is -0.766. The molecule has 1 rings (SSSR count). The summed E-state index contributed by atoms with van der Waals surface area (Å²) in [5.41, 5.74) is 0. The van der Waals surface area contributed by atoms with Gasteiger partial charge >= 0.3 is 5.97 Å². The molecule has 0 saturated carbocycles. The minimum Gasteiger partial charge on any atom is -0.481 e. The highest BCUT2D eigenvalue weighted by Crippen LogP contribution is 2.10. The number of carboxylic acids is 1. The van der Waals surface area contributed by atoms with Crippen molar-refractivity contribution >= 4 is 5.97 Å². The van der Waals surface area contributed by atoms with E-state index in [1.54, 1.807) is 4.68 Å². The number of aryl methyl sites for hydroxylation is 1. The number of rotatable bonds is 5. The van der Waals surface area contributed by atoms with Gasteiger partial charge in [-0.05, 0) is 13.3 Å². The fourth-order valence-electron chi connectivity index (χ4n) is 1.34. The van der Waals surface area contributed by atoms with E-state index >= 15 is 0 Å². The van der Waals surface area contributed by atoms with E-state index in [1.807, 2.05) is 13.8 Å². The van der Waals surface area contributed by atoms with Crippen LogP contribution in [0.15, 0.2) is 6.33 Å². The Balaban J connectivity index is 2.71. The average Bonchev–Trinajstić information content (AvgIpc) is 2.60. The van der Waals surface area contributed by atoms with Crippen LogP contribution >= 0.6 is 0 Å². The second-order valence-electron chi connectivity index (χ2n) is 3.14. The zero-order valence-corrected chi connectivity index (χ0v) is 8.47. The van der Waals surface area contributed by atoms with Crippen molar-refractivity contribution in [1.82, 2.24) is 14.8 Å². The summed E-state index contributed by atoms with van der Waals surface area (Å²) in [4.78, 5) is 14.8. The average molecular weight is 197 g/mol. The van der Waals surface area contributed by atoms with Crippen LogP contribution in [0.25, 0.3) is 0 Å². The van der Waals surface area contributed by atoms with Crippen LogP contribution < -0.4 is 0 Å². The van der Waals surface area contributed by atoms with Crippen LogP contribution in [0, 0.1) is 5.92 Å². The molecule has 1 atom stereocenters. The summed E-state index contributed by atoms with van der Waals surface area (Å²) < 4.78 is 1.73. The quantitative estimate of drug-likeness (QED) is 0.763. The third kappa shape index (κ3) is 2.31. The fraction of sp³-hybridized carbons (Fsp3) is 0.667. The summed E-state index contributed by atoms with van der Waals surface area (Å²) in [5.74, 6) is -0.371. The Labute approximate surface area is 82.8 Å².